The number of imidazole rings is 1. The number of aromatic amines is 1. The minimum absolute atomic E-state index is 0.0900. The van der Waals surface area contributed by atoms with Crippen LogP contribution in [0.3, 0.4) is 0 Å². The van der Waals surface area contributed by atoms with Crippen LogP contribution in [0.4, 0.5) is 4.79 Å². The third-order valence-corrected chi connectivity index (χ3v) is 4.62. The smallest absolute Gasteiger partial charge is 0.318 e. The number of hydrogen-bond acceptors (Lipinski definition) is 4. The van der Waals surface area contributed by atoms with E-state index < -0.39 is 0 Å². The lowest BCUT2D eigenvalue weighted by atomic mass is 9.97. The molecule has 2 amide bonds. The molecule has 2 N–H and O–H groups in total. The van der Waals surface area contributed by atoms with Crippen molar-refractivity contribution in [2.24, 2.45) is 0 Å². The van der Waals surface area contributed by atoms with Gasteiger partial charge in [0.05, 0.1) is 6.61 Å². The van der Waals surface area contributed by atoms with Crippen molar-refractivity contribution in [3.05, 3.63) is 41.9 Å². The molecule has 0 bridgehead atoms. The van der Waals surface area contributed by atoms with Gasteiger partial charge in [-0.1, -0.05) is 6.92 Å². The van der Waals surface area contributed by atoms with Gasteiger partial charge in [-0.05, 0) is 25.0 Å². The first-order valence-electron chi connectivity index (χ1n) is 8.83. The van der Waals surface area contributed by atoms with Gasteiger partial charge in [0.25, 0.3) is 0 Å². The lowest BCUT2D eigenvalue weighted by molar-refractivity contribution is 0.140. The zero-order valence-corrected chi connectivity index (χ0v) is 14.8. The Morgan fingerprint density at radius 3 is 3.12 bits per heavy atom. The van der Waals surface area contributed by atoms with Crippen LogP contribution in [-0.4, -0.2) is 47.7 Å². The largest absolute Gasteiger partial charge is 0.464 e. The number of hydrogen-bond donors (Lipinski definition) is 2. The molecule has 7 nitrogen and oxygen atoms in total. The van der Waals surface area contributed by atoms with Gasteiger partial charge in [-0.25, -0.2) is 9.78 Å². The Morgan fingerprint density at radius 1 is 1.56 bits per heavy atom. The molecule has 2 aromatic heterocycles. The number of urea groups is 1. The van der Waals surface area contributed by atoms with Crippen LogP contribution in [0.25, 0.3) is 0 Å². The Hall–Kier alpha value is -2.28. The van der Waals surface area contributed by atoms with Crippen molar-refractivity contribution in [3.8, 4) is 0 Å². The summed E-state index contributed by atoms with van der Waals surface area (Å²) in [6.07, 6.45) is 6.41. The van der Waals surface area contributed by atoms with Crippen molar-refractivity contribution in [2.45, 2.75) is 38.1 Å². The first-order valence-corrected chi connectivity index (χ1v) is 8.83. The van der Waals surface area contributed by atoms with Crippen molar-refractivity contribution in [2.75, 3.05) is 26.8 Å². The standard InChI is InChI=1S/C18H26N4O3/c1-3-14-6-7-16(25-14)15(12-24-2)21-18(23)22-10-4-5-13(11-22)17-19-8-9-20-17/h6-9,13,15H,3-5,10-12H2,1-2H3,(H,19,20)(H,21,23)/t13-,15+/m0/s1. The number of likely N-dealkylation sites (tertiary alicyclic amines) is 1. The summed E-state index contributed by atoms with van der Waals surface area (Å²) in [5.74, 6) is 2.84. The molecule has 0 aromatic carbocycles. The monoisotopic (exact) mass is 346 g/mol. The first kappa shape index (κ1) is 17.5. The molecule has 1 saturated heterocycles. The summed E-state index contributed by atoms with van der Waals surface area (Å²) in [6.45, 7) is 3.82. The highest BCUT2D eigenvalue weighted by Gasteiger charge is 2.28. The molecule has 0 radical (unpaired) electrons. The second-order valence-electron chi connectivity index (χ2n) is 6.37. The van der Waals surface area contributed by atoms with Crippen LogP contribution >= 0.6 is 0 Å². The van der Waals surface area contributed by atoms with Crippen molar-refractivity contribution in [3.63, 3.8) is 0 Å². The van der Waals surface area contributed by atoms with Crippen molar-refractivity contribution < 1.29 is 13.9 Å². The molecule has 0 aliphatic carbocycles. The van der Waals surface area contributed by atoms with E-state index in [2.05, 4.69) is 15.3 Å². The zero-order valence-electron chi connectivity index (χ0n) is 14.8. The minimum atomic E-state index is -0.290. The van der Waals surface area contributed by atoms with Crippen LogP contribution in [0.2, 0.25) is 0 Å². The van der Waals surface area contributed by atoms with Gasteiger partial charge >= 0.3 is 6.03 Å². The number of H-pyrrole nitrogens is 1. The molecular weight excluding hydrogens is 320 g/mol. The summed E-state index contributed by atoms with van der Waals surface area (Å²) < 4.78 is 11.0. The van der Waals surface area contributed by atoms with Gasteiger partial charge in [0.2, 0.25) is 0 Å². The number of furan rings is 1. The number of carbonyl (C=O) groups excluding carboxylic acids is 1. The number of ether oxygens (including phenoxy) is 1. The molecule has 2 aromatic rings. The molecule has 1 aliphatic rings. The Balaban J connectivity index is 1.64. The van der Waals surface area contributed by atoms with E-state index in [1.54, 1.807) is 13.3 Å². The third-order valence-electron chi connectivity index (χ3n) is 4.62. The molecule has 1 aliphatic heterocycles. The highest BCUT2D eigenvalue weighted by atomic mass is 16.5. The maximum Gasteiger partial charge on any atom is 0.318 e. The summed E-state index contributed by atoms with van der Waals surface area (Å²) >= 11 is 0. The molecule has 0 spiro atoms. The number of methoxy groups -OCH3 is 1. The SMILES string of the molecule is CCc1ccc([C@@H](COC)NC(=O)N2CCC[C@H](c3ncc[nH]3)C2)o1. The Kier molecular flexibility index (Phi) is 5.75. The van der Waals surface area contributed by atoms with E-state index in [0.717, 1.165) is 43.2 Å². The summed E-state index contributed by atoms with van der Waals surface area (Å²) in [6, 6.07) is 3.47. The molecule has 136 valence electrons. The van der Waals surface area contributed by atoms with E-state index in [1.165, 1.54) is 0 Å². The number of piperidine rings is 1. The van der Waals surface area contributed by atoms with Crippen molar-refractivity contribution >= 4 is 6.03 Å². The molecule has 0 saturated carbocycles. The molecule has 25 heavy (non-hydrogen) atoms. The molecular formula is C18H26N4O3. The average molecular weight is 346 g/mol. The molecule has 2 atom stereocenters. The van der Waals surface area contributed by atoms with E-state index in [0.29, 0.717) is 13.2 Å². The molecule has 3 heterocycles. The summed E-state index contributed by atoms with van der Waals surface area (Å²) in [4.78, 5) is 22.1. The van der Waals surface area contributed by atoms with Crippen LogP contribution in [0.15, 0.2) is 28.9 Å². The summed E-state index contributed by atoms with van der Waals surface area (Å²) in [5.41, 5.74) is 0. The Morgan fingerprint density at radius 2 is 2.44 bits per heavy atom. The lowest BCUT2D eigenvalue weighted by Crippen LogP contribution is -2.46. The van der Waals surface area contributed by atoms with Crippen molar-refractivity contribution in [1.29, 1.82) is 0 Å². The third kappa shape index (κ3) is 4.22. The van der Waals surface area contributed by atoms with Gasteiger partial charge in [-0.15, -0.1) is 0 Å². The quantitative estimate of drug-likeness (QED) is 0.842. The highest BCUT2D eigenvalue weighted by molar-refractivity contribution is 5.74. The zero-order chi connectivity index (χ0) is 17.6. The van der Waals surface area contributed by atoms with Crippen LogP contribution < -0.4 is 5.32 Å². The number of nitrogens with zero attached hydrogens (tertiary/aromatic N) is 2. The lowest BCUT2D eigenvalue weighted by Gasteiger charge is -2.33. The van der Waals surface area contributed by atoms with Crippen LogP contribution in [0.5, 0.6) is 0 Å². The van der Waals surface area contributed by atoms with Gasteiger partial charge in [0.15, 0.2) is 0 Å². The van der Waals surface area contributed by atoms with Gasteiger partial charge in [0.1, 0.15) is 23.4 Å². The molecule has 0 unspecified atom stereocenters. The Labute approximate surface area is 147 Å². The fourth-order valence-electron chi connectivity index (χ4n) is 3.26. The second-order valence-corrected chi connectivity index (χ2v) is 6.37. The van der Waals surface area contributed by atoms with Crippen molar-refractivity contribution in [1.82, 2.24) is 20.2 Å². The second kappa shape index (κ2) is 8.20. The predicted octanol–water partition coefficient (Wildman–Crippen LogP) is 2.84. The van der Waals surface area contributed by atoms with E-state index in [1.807, 2.05) is 30.2 Å². The number of aryl methyl sites for hydroxylation is 1. The van der Waals surface area contributed by atoms with E-state index in [-0.39, 0.29) is 18.0 Å². The normalized spacial score (nSPS) is 19.0. The number of amides is 2. The number of aromatic nitrogens is 2. The van der Waals surface area contributed by atoms with Crippen LogP contribution in [-0.2, 0) is 11.2 Å². The fraction of sp³-hybridized carbons (Fsp3) is 0.556. The number of nitrogens with one attached hydrogen (secondary N) is 2. The topological polar surface area (TPSA) is 83.4 Å². The maximum atomic E-state index is 12.7. The predicted molar refractivity (Wildman–Crippen MR) is 93.4 cm³/mol. The van der Waals surface area contributed by atoms with E-state index in [4.69, 9.17) is 9.15 Å². The van der Waals surface area contributed by atoms with Crippen LogP contribution in [0.1, 0.15) is 49.1 Å². The van der Waals surface area contributed by atoms with Gasteiger partial charge in [0, 0.05) is 44.9 Å². The van der Waals surface area contributed by atoms with Gasteiger partial charge in [-0.3, -0.25) is 0 Å². The van der Waals surface area contributed by atoms with Gasteiger partial charge in [-0.2, -0.15) is 0 Å². The van der Waals surface area contributed by atoms with E-state index in [9.17, 15) is 4.79 Å². The Bertz CT molecular complexity index is 668. The van der Waals surface area contributed by atoms with Crippen LogP contribution in [0, 0.1) is 0 Å². The fourth-order valence-corrected chi connectivity index (χ4v) is 3.26. The van der Waals surface area contributed by atoms with Gasteiger partial charge < -0.3 is 24.4 Å². The molecule has 1 fully saturated rings. The molecule has 3 rings (SSSR count). The minimum Gasteiger partial charge on any atom is -0.464 e. The first-order chi connectivity index (χ1) is 12.2. The average Bonchev–Trinajstić information content (AvgIpc) is 3.33. The van der Waals surface area contributed by atoms with E-state index >= 15 is 0 Å². The highest BCUT2D eigenvalue weighted by Crippen LogP contribution is 2.25. The number of rotatable bonds is 6. The summed E-state index contributed by atoms with van der Waals surface area (Å²) in [5, 5.41) is 3.04. The molecule has 7 heteroatoms. The number of carbonyl (C=O) groups is 1. The summed E-state index contributed by atoms with van der Waals surface area (Å²) in [7, 11) is 1.62. The maximum absolute atomic E-state index is 12.7.